The SMILES string of the molecule is O=C(OCC(=O)N1CCCc2ccccc21)c1ccoc1. The number of carbonyl (C=O) groups is 2. The first-order valence-electron chi connectivity index (χ1n) is 6.83. The Labute approximate surface area is 122 Å². The van der Waals surface area contributed by atoms with Crippen LogP contribution < -0.4 is 4.90 Å². The summed E-state index contributed by atoms with van der Waals surface area (Å²) < 4.78 is 9.84. The molecule has 3 rings (SSSR count). The van der Waals surface area contributed by atoms with Gasteiger partial charge in [0, 0.05) is 12.2 Å². The topological polar surface area (TPSA) is 59.8 Å². The summed E-state index contributed by atoms with van der Waals surface area (Å²) in [5.41, 5.74) is 2.37. The molecule has 1 amide bonds. The molecule has 1 aliphatic rings. The first kappa shape index (κ1) is 13.4. The molecule has 0 radical (unpaired) electrons. The van der Waals surface area contributed by atoms with Gasteiger partial charge in [-0.25, -0.2) is 4.79 Å². The predicted octanol–water partition coefficient (Wildman–Crippen LogP) is 2.42. The van der Waals surface area contributed by atoms with Crippen molar-refractivity contribution in [2.75, 3.05) is 18.1 Å². The minimum Gasteiger partial charge on any atom is -0.472 e. The minimum absolute atomic E-state index is 0.209. The van der Waals surface area contributed by atoms with Crippen molar-refractivity contribution in [3.8, 4) is 0 Å². The fraction of sp³-hybridized carbons (Fsp3) is 0.250. The van der Waals surface area contributed by atoms with E-state index in [0.29, 0.717) is 12.1 Å². The van der Waals surface area contributed by atoms with E-state index in [1.807, 2.05) is 24.3 Å². The van der Waals surface area contributed by atoms with Crippen LogP contribution in [0, 0.1) is 0 Å². The monoisotopic (exact) mass is 285 g/mol. The molecule has 0 aliphatic carbocycles. The van der Waals surface area contributed by atoms with Crippen LogP contribution in [0.25, 0.3) is 0 Å². The lowest BCUT2D eigenvalue weighted by Crippen LogP contribution is -2.38. The van der Waals surface area contributed by atoms with Gasteiger partial charge in [0.15, 0.2) is 6.61 Å². The van der Waals surface area contributed by atoms with E-state index in [9.17, 15) is 9.59 Å². The number of para-hydroxylation sites is 1. The van der Waals surface area contributed by atoms with Crippen molar-refractivity contribution >= 4 is 17.6 Å². The molecule has 1 aromatic carbocycles. The number of esters is 1. The van der Waals surface area contributed by atoms with E-state index in [1.54, 1.807) is 4.90 Å². The molecular weight excluding hydrogens is 270 g/mol. The fourth-order valence-corrected chi connectivity index (χ4v) is 2.46. The number of hydrogen-bond donors (Lipinski definition) is 0. The molecule has 2 heterocycles. The van der Waals surface area contributed by atoms with E-state index >= 15 is 0 Å². The number of furan rings is 1. The molecular formula is C16H15NO4. The number of hydrogen-bond acceptors (Lipinski definition) is 4. The highest BCUT2D eigenvalue weighted by Gasteiger charge is 2.23. The van der Waals surface area contributed by atoms with Crippen molar-refractivity contribution in [3.63, 3.8) is 0 Å². The normalized spacial score (nSPS) is 13.6. The maximum absolute atomic E-state index is 12.3. The van der Waals surface area contributed by atoms with Crippen molar-refractivity contribution in [1.29, 1.82) is 0 Å². The highest BCUT2D eigenvalue weighted by molar-refractivity contribution is 5.97. The average molecular weight is 285 g/mol. The molecule has 2 aromatic rings. The molecule has 0 spiro atoms. The number of ether oxygens (including phenoxy) is 1. The summed E-state index contributed by atoms with van der Waals surface area (Å²) in [6.07, 6.45) is 4.56. The van der Waals surface area contributed by atoms with E-state index < -0.39 is 5.97 Å². The van der Waals surface area contributed by atoms with Gasteiger partial charge in [-0.3, -0.25) is 4.79 Å². The van der Waals surface area contributed by atoms with Crippen molar-refractivity contribution in [3.05, 3.63) is 54.0 Å². The molecule has 0 bridgehead atoms. The molecule has 0 unspecified atom stereocenters. The molecule has 0 saturated heterocycles. The smallest absolute Gasteiger partial charge is 0.341 e. The Kier molecular flexibility index (Phi) is 3.73. The standard InChI is InChI=1S/C16H15NO4/c18-15(11-21-16(19)13-7-9-20-10-13)17-8-3-5-12-4-1-2-6-14(12)17/h1-2,4,6-7,9-10H,3,5,8,11H2. The summed E-state index contributed by atoms with van der Waals surface area (Å²) in [4.78, 5) is 25.6. The first-order valence-corrected chi connectivity index (χ1v) is 6.83. The van der Waals surface area contributed by atoms with Crippen molar-refractivity contribution in [2.45, 2.75) is 12.8 Å². The third kappa shape index (κ3) is 2.81. The lowest BCUT2D eigenvalue weighted by molar-refractivity contribution is -0.121. The zero-order chi connectivity index (χ0) is 14.7. The van der Waals surface area contributed by atoms with Crippen LogP contribution in [0.3, 0.4) is 0 Å². The summed E-state index contributed by atoms with van der Waals surface area (Å²) in [6.45, 7) is 0.386. The summed E-state index contributed by atoms with van der Waals surface area (Å²) >= 11 is 0. The van der Waals surface area contributed by atoms with Gasteiger partial charge >= 0.3 is 5.97 Å². The van der Waals surface area contributed by atoms with Crippen LogP contribution in [-0.4, -0.2) is 25.0 Å². The van der Waals surface area contributed by atoms with Gasteiger partial charge in [0.2, 0.25) is 0 Å². The quantitative estimate of drug-likeness (QED) is 0.813. The first-order chi connectivity index (χ1) is 10.3. The van der Waals surface area contributed by atoms with Gasteiger partial charge in [0.1, 0.15) is 6.26 Å². The van der Waals surface area contributed by atoms with Crippen LogP contribution in [0.4, 0.5) is 5.69 Å². The highest BCUT2D eigenvalue weighted by atomic mass is 16.5. The van der Waals surface area contributed by atoms with E-state index in [4.69, 9.17) is 9.15 Å². The Morgan fingerprint density at radius 3 is 2.90 bits per heavy atom. The lowest BCUT2D eigenvalue weighted by atomic mass is 10.0. The van der Waals surface area contributed by atoms with Gasteiger partial charge in [-0.05, 0) is 30.5 Å². The van der Waals surface area contributed by atoms with E-state index in [0.717, 1.165) is 24.1 Å². The number of nitrogens with zero attached hydrogens (tertiary/aromatic N) is 1. The number of fused-ring (bicyclic) bond motifs is 1. The second kappa shape index (κ2) is 5.83. The summed E-state index contributed by atoms with van der Waals surface area (Å²) in [6, 6.07) is 9.31. The van der Waals surface area contributed by atoms with Gasteiger partial charge in [-0.1, -0.05) is 18.2 Å². The maximum Gasteiger partial charge on any atom is 0.341 e. The van der Waals surface area contributed by atoms with Crippen LogP contribution in [0.5, 0.6) is 0 Å². The van der Waals surface area contributed by atoms with Gasteiger partial charge < -0.3 is 14.1 Å². The zero-order valence-electron chi connectivity index (χ0n) is 11.5. The largest absolute Gasteiger partial charge is 0.472 e. The molecule has 108 valence electrons. The third-order valence-corrected chi connectivity index (χ3v) is 3.49. The molecule has 5 nitrogen and oxygen atoms in total. The van der Waals surface area contributed by atoms with Gasteiger partial charge in [0.05, 0.1) is 11.8 Å². The van der Waals surface area contributed by atoms with Crippen LogP contribution in [0.15, 0.2) is 47.3 Å². The van der Waals surface area contributed by atoms with Crippen LogP contribution >= 0.6 is 0 Å². The molecule has 21 heavy (non-hydrogen) atoms. The number of anilines is 1. The van der Waals surface area contributed by atoms with Crippen molar-refractivity contribution in [1.82, 2.24) is 0 Å². The Hall–Kier alpha value is -2.56. The molecule has 1 aliphatic heterocycles. The minimum atomic E-state index is -0.553. The zero-order valence-corrected chi connectivity index (χ0v) is 11.5. The summed E-state index contributed by atoms with van der Waals surface area (Å²) in [5.74, 6) is -0.763. The van der Waals surface area contributed by atoms with Crippen LogP contribution in [-0.2, 0) is 16.0 Å². The molecule has 1 aromatic heterocycles. The Morgan fingerprint density at radius 1 is 1.24 bits per heavy atom. The summed E-state index contributed by atoms with van der Waals surface area (Å²) in [5, 5.41) is 0. The number of aryl methyl sites for hydroxylation is 1. The van der Waals surface area contributed by atoms with Crippen molar-refractivity contribution < 1.29 is 18.7 Å². The molecule has 0 fully saturated rings. The highest BCUT2D eigenvalue weighted by Crippen LogP contribution is 2.26. The Balaban J connectivity index is 1.65. The number of rotatable bonds is 3. The van der Waals surface area contributed by atoms with E-state index in [-0.39, 0.29) is 12.5 Å². The van der Waals surface area contributed by atoms with Gasteiger partial charge in [0.25, 0.3) is 5.91 Å². The lowest BCUT2D eigenvalue weighted by Gasteiger charge is -2.29. The van der Waals surface area contributed by atoms with Crippen LogP contribution in [0.2, 0.25) is 0 Å². The van der Waals surface area contributed by atoms with Crippen LogP contribution in [0.1, 0.15) is 22.3 Å². The molecule has 0 N–H and O–H groups in total. The predicted molar refractivity (Wildman–Crippen MR) is 76.1 cm³/mol. The number of amides is 1. The Bertz CT molecular complexity index is 648. The van der Waals surface area contributed by atoms with E-state index in [1.165, 1.54) is 18.6 Å². The number of benzene rings is 1. The Morgan fingerprint density at radius 2 is 2.10 bits per heavy atom. The second-order valence-electron chi connectivity index (χ2n) is 4.87. The average Bonchev–Trinajstić information content (AvgIpc) is 3.06. The van der Waals surface area contributed by atoms with Gasteiger partial charge in [-0.15, -0.1) is 0 Å². The third-order valence-electron chi connectivity index (χ3n) is 3.49. The summed E-state index contributed by atoms with van der Waals surface area (Å²) in [7, 11) is 0. The molecule has 0 saturated carbocycles. The van der Waals surface area contributed by atoms with Crippen molar-refractivity contribution in [2.24, 2.45) is 0 Å². The maximum atomic E-state index is 12.3. The molecule has 0 atom stereocenters. The fourth-order valence-electron chi connectivity index (χ4n) is 2.46. The second-order valence-corrected chi connectivity index (χ2v) is 4.87. The van der Waals surface area contributed by atoms with Gasteiger partial charge in [-0.2, -0.15) is 0 Å². The van der Waals surface area contributed by atoms with E-state index in [2.05, 4.69) is 0 Å². The molecule has 5 heteroatoms. The number of carbonyl (C=O) groups excluding carboxylic acids is 2.